The van der Waals surface area contributed by atoms with E-state index in [1.54, 1.807) is 0 Å². The number of rotatable bonds is 16. The van der Waals surface area contributed by atoms with Gasteiger partial charge in [-0.25, -0.2) is 8.78 Å². The minimum atomic E-state index is -2.66. The van der Waals surface area contributed by atoms with Crippen LogP contribution in [-0.2, 0) is 0 Å². The number of unbranched alkanes of at least 4 members (excludes halogenated alkanes) is 13. The van der Waals surface area contributed by atoms with E-state index >= 15 is 0 Å². The molecule has 0 aliphatic heterocycles. The zero-order chi connectivity index (χ0) is 16.7. The predicted molar refractivity (Wildman–Crippen MR) is 94.7 cm³/mol. The highest BCUT2D eigenvalue weighted by atomic mass is 19.3. The van der Waals surface area contributed by atoms with Crippen LogP contribution in [0, 0.1) is 0 Å². The quantitative estimate of drug-likeness (QED) is 0.199. The van der Waals surface area contributed by atoms with Crippen LogP contribution < -0.4 is 0 Å². The van der Waals surface area contributed by atoms with E-state index < -0.39 is 5.92 Å². The molecule has 0 spiro atoms. The zero-order valence-corrected chi connectivity index (χ0v) is 15.1. The van der Waals surface area contributed by atoms with Crippen LogP contribution in [0.2, 0.25) is 0 Å². The fourth-order valence-corrected chi connectivity index (χ4v) is 2.75. The van der Waals surface area contributed by atoms with Crippen LogP contribution in [0.25, 0.3) is 0 Å². The topological polar surface area (TPSA) is 0 Å². The maximum Gasteiger partial charge on any atom is 0.268 e. The van der Waals surface area contributed by atoms with Gasteiger partial charge in [-0.05, 0) is 18.9 Å². The molecule has 22 heavy (non-hydrogen) atoms. The van der Waals surface area contributed by atoms with Gasteiger partial charge in [-0.2, -0.15) is 0 Å². The van der Waals surface area contributed by atoms with Crippen molar-refractivity contribution >= 4 is 0 Å². The Morgan fingerprint density at radius 3 is 1.32 bits per heavy atom. The maximum absolute atomic E-state index is 13.3. The summed E-state index contributed by atoms with van der Waals surface area (Å²) in [6.07, 6.45) is 17.4. The zero-order valence-electron chi connectivity index (χ0n) is 15.1. The second kappa shape index (κ2) is 14.2. The smallest absolute Gasteiger partial charge is 0.202 e. The monoisotopic (exact) mass is 316 g/mol. The highest BCUT2D eigenvalue weighted by Crippen LogP contribution is 2.28. The third-order valence-corrected chi connectivity index (χ3v) is 4.47. The SMILES string of the molecule is C=C(C)C(F)(F)CCCCCCCCCCCCCCCC. The second-order valence-electron chi connectivity index (χ2n) is 6.83. The van der Waals surface area contributed by atoms with Gasteiger partial charge in [0.25, 0.3) is 5.92 Å². The molecule has 0 nitrogen and oxygen atoms in total. The fraction of sp³-hybridized carbons (Fsp3) is 0.900. The van der Waals surface area contributed by atoms with Crippen LogP contribution in [0.15, 0.2) is 12.2 Å². The van der Waals surface area contributed by atoms with Crippen molar-refractivity contribution in [2.75, 3.05) is 0 Å². The maximum atomic E-state index is 13.3. The van der Waals surface area contributed by atoms with E-state index in [1.807, 2.05) is 0 Å². The molecule has 0 aliphatic carbocycles. The van der Waals surface area contributed by atoms with Crippen LogP contribution in [0.3, 0.4) is 0 Å². The van der Waals surface area contributed by atoms with Gasteiger partial charge in [0.2, 0.25) is 0 Å². The van der Waals surface area contributed by atoms with Gasteiger partial charge in [-0.1, -0.05) is 97.0 Å². The molecule has 0 aromatic rings. The molecule has 2 heteroatoms. The molecule has 0 N–H and O–H groups in total. The van der Waals surface area contributed by atoms with Gasteiger partial charge in [-0.3, -0.25) is 0 Å². The van der Waals surface area contributed by atoms with E-state index in [1.165, 1.54) is 77.6 Å². The Hall–Kier alpha value is -0.400. The number of hydrogen-bond acceptors (Lipinski definition) is 0. The number of hydrogen-bond donors (Lipinski definition) is 0. The van der Waals surface area contributed by atoms with Crippen LogP contribution in [0.5, 0.6) is 0 Å². The minimum Gasteiger partial charge on any atom is -0.202 e. The normalized spacial score (nSPS) is 11.8. The summed E-state index contributed by atoms with van der Waals surface area (Å²) in [5.74, 6) is -2.66. The van der Waals surface area contributed by atoms with E-state index in [-0.39, 0.29) is 12.0 Å². The number of halogens is 2. The lowest BCUT2D eigenvalue weighted by Gasteiger charge is -2.15. The first-order valence-electron chi connectivity index (χ1n) is 9.54. The van der Waals surface area contributed by atoms with E-state index in [9.17, 15) is 8.78 Å². The van der Waals surface area contributed by atoms with Crippen molar-refractivity contribution in [3.63, 3.8) is 0 Å². The largest absolute Gasteiger partial charge is 0.268 e. The first-order valence-corrected chi connectivity index (χ1v) is 9.54. The van der Waals surface area contributed by atoms with Crippen molar-refractivity contribution in [2.24, 2.45) is 0 Å². The highest BCUT2D eigenvalue weighted by molar-refractivity contribution is 5.02. The van der Waals surface area contributed by atoms with E-state index in [2.05, 4.69) is 13.5 Å². The van der Waals surface area contributed by atoms with Crippen LogP contribution >= 0.6 is 0 Å². The average molecular weight is 317 g/mol. The predicted octanol–water partition coefficient (Wildman–Crippen LogP) is 8.07. The summed E-state index contributed by atoms with van der Waals surface area (Å²) in [6.45, 7) is 7.04. The molecule has 0 radical (unpaired) electrons. The standard InChI is InChI=1S/C20H38F2/c1-4-5-6-7-8-9-10-11-12-13-14-15-16-17-18-20(21,22)19(2)3/h2,4-18H2,1,3H3. The Kier molecular flexibility index (Phi) is 14.0. The highest BCUT2D eigenvalue weighted by Gasteiger charge is 2.28. The molecule has 0 aromatic carbocycles. The van der Waals surface area contributed by atoms with E-state index in [0.717, 1.165) is 12.8 Å². The molecule has 0 amide bonds. The molecular formula is C20H38F2. The Labute approximate surface area is 137 Å². The molecule has 0 heterocycles. The summed E-state index contributed by atoms with van der Waals surface area (Å²) in [5, 5.41) is 0. The summed E-state index contributed by atoms with van der Waals surface area (Å²) in [7, 11) is 0. The van der Waals surface area contributed by atoms with Gasteiger partial charge < -0.3 is 0 Å². The Morgan fingerprint density at radius 2 is 1.00 bits per heavy atom. The minimum absolute atomic E-state index is 0.00203. The Bertz CT molecular complexity index is 258. The van der Waals surface area contributed by atoms with E-state index in [4.69, 9.17) is 0 Å². The first-order chi connectivity index (χ1) is 10.5. The molecule has 0 saturated heterocycles. The van der Waals surface area contributed by atoms with Gasteiger partial charge in [0.1, 0.15) is 0 Å². The summed E-state index contributed by atoms with van der Waals surface area (Å²) < 4.78 is 26.6. The van der Waals surface area contributed by atoms with Crippen LogP contribution in [0.4, 0.5) is 8.78 Å². The molecule has 0 saturated carbocycles. The molecule has 132 valence electrons. The second-order valence-corrected chi connectivity index (χ2v) is 6.83. The molecule has 0 atom stereocenters. The van der Waals surface area contributed by atoms with Crippen molar-refractivity contribution in [1.82, 2.24) is 0 Å². The Balaban J connectivity index is 3.16. The summed E-state index contributed by atoms with van der Waals surface area (Å²) in [5.41, 5.74) is 0.00203. The van der Waals surface area contributed by atoms with Crippen molar-refractivity contribution in [3.05, 3.63) is 12.2 Å². The number of alkyl halides is 2. The molecule has 0 fully saturated rings. The van der Waals surface area contributed by atoms with Crippen molar-refractivity contribution < 1.29 is 8.78 Å². The van der Waals surface area contributed by atoms with Crippen LogP contribution in [0.1, 0.15) is 110 Å². The summed E-state index contributed by atoms with van der Waals surface area (Å²) in [4.78, 5) is 0. The average Bonchev–Trinajstić information content (AvgIpc) is 2.47. The molecule has 0 aliphatic rings. The summed E-state index contributed by atoms with van der Waals surface area (Å²) >= 11 is 0. The van der Waals surface area contributed by atoms with Crippen molar-refractivity contribution in [1.29, 1.82) is 0 Å². The summed E-state index contributed by atoms with van der Waals surface area (Å²) in [6, 6.07) is 0. The lowest BCUT2D eigenvalue weighted by atomic mass is 10.0. The lowest BCUT2D eigenvalue weighted by molar-refractivity contribution is 0.0301. The van der Waals surface area contributed by atoms with Crippen LogP contribution in [-0.4, -0.2) is 5.92 Å². The third kappa shape index (κ3) is 13.3. The van der Waals surface area contributed by atoms with Gasteiger partial charge in [0, 0.05) is 6.42 Å². The van der Waals surface area contributed by atoms with Gasteiger partial charge in [0.15, 0.2) is 0 Å². The van der Waals surface area contributed by atoms with Crippen molar-refractivity contribution in [2.45, 2.75) is 116 Å². The molecule has 0 bridgehead atoms. The molecule has 0 rings (SSSR count). The van der Waals surface area contributed by atoms with E-state index in [0.29, 0.717) is 6.42 Å². The molecule has 0 unspecified atom stereocenters. The number of allylic oxidation sites excluding steroid dienone is 1. The third-order valence-electron chi connectivity index (χ3n) is 4.47. The fourth-order valence-electron chi connectivity index (χ4n) is 2.75. The Morgan fingerprint density at radius 1 is 0.682 bits per heavy atom. The van der Waals surface area contributed by atoms with Gasteiger partial charge in [0.05, 0.1) is 0 Å². The molecule has 0 aromatic heterocycles. The van der Waals surface area contributed by atoms with Gasteiger partial charge >= 0.3 is 0 Å². The van der Waals surface area contributed by atoms with Crippen molar-refractivity contribution in [3.8, 4) is 0 Å². The lowest BCUT2D eigenvalue weighted by Crippen LogP contribution is -2.16. The first kappa shape index (κ1) is 21.6. The van der Waals surface area contributed by atoms with Gasteiger partial charge in [-0.15, -0.1) is 0 Å². The molecular weight excluding hydrogens is 278 g/mol.